The molecule has 1 atom stereocenters. The van der Waals surface area contributed by atoms with Gasteiger partial charge in [-0.1, -0.05) is 12.1 Å². The van der Waals surface area contributed by atoms with E-state index in [1.54, 1.807) is 0 Å². The van der Waals surface area contributed by atoms with Gasteiger partial charge >= 0.3 is 0 Å². The maximum atomic E-state index is 12.6. The Morgan fingerprint density at radius 3 is 2.41 bits per heavy atom. The Labute approximate surface area is 172 Å². The van der Waals surface area contributed by atoms with Crippen molar-refractivity contribution in [3.05, 3.63) is 59.2 Å². The van der Waals surface area contributed by atoms with Crippen LogP contribution in [0.25, 0.3) is 0 Å². The maximum absolute atomic E-state index is 12.6. The molecule has 1 aliphatic heterocycles. The highest BCUT2D eigenvalue weighted by Gasteiger charge is 2.21. The van der Waals surface area contributed by atoms with Crippen LogP contribution in [-0.2, 0) is 16.4 Å². The van der Waals surface area contributed by atoms with Crippen LogP contribution < -0.4 is 10.1 Å². The predicted molar refractivity (Wildman–Crippen MR) is 112 cm³/mol. The molecule has 29 heavy (non-hydrogen) atoms. The van der Waals surface area contributed by atoms with E-state index in [0.29, 0.717) is 18.7 Å². The summed E-state index contributed by atoms with van der Waals surface area (Å²) in [5.41, 5.74) is 2.73. The molecule has 0 fully saturated rings. The van der Waals surface area contributed by atoms with Gasteiger partial charge in [-0.2, -0.15) is 0 Å². The van der Waals surface area contributed by atoms with E-state index in [1.807, 2.05) is 26.2 Å². The zero-order valence-corrected chi connectivity index (χ0v) is 18.0. The molecule has 0 saturated heterocycles. The number of likely N-dealkylation sites (N-methyl/N-ethyl adjacent to an activating group) is 1. The molecule has 0 aliphatic carbocycles. The van der Waals surface area contributed by atoms with Crippen LogP contribution in [0.3, 0.4) is 0 Å². The fourth-order valence-corrected chi connectivity index (χ4v) is 4.19. The Kier molecular flexibility index (Phi) is 6.26. The molecule has 0 saturated carbocycles. The van der Waals surface area contributed by atoms with Crippen LogP contribution in [0.2, 0.25) is 0 Å². The Bertz CT molecular complexity index is 985. The topological polar surface area (TPSA) is 79.0 Å². The number of rotatable bonds is 7. The number of hydrogen-bond donors (Lipinski definition) is 1. The van der Waals surface area contributed by atoms with Crippen molar-refractivity contribution in [3.63, 3.8) is 0 Å². The molecule has 1 aliphatic rings. The van der Waals surface area contributed by atoms with E-state index >= 15 is 0 Å². The molecule has 1 heterocycles. The number of ether oxygens (including phenoxy) is 1. The van der Waals surface area contributed by atoms with Gasteiger partial charge in [0.25, 0.3) is 5.91 Å². The summed E-state index contributed by atoms with van der Waals surface area (Å²) in [7, 11) is 3.38. The molecule has 7 nitrogen and oxygen atoms in total. The van der Waals surface area contributed by atoms with Gasteiger partial charge in [0.15, 0.2) is 0 Å². The first-order valence-corrected chi connectivity index (χ1v) is 10.9. The van der Waals surface area contributed by atoms with E-state index in [2.05, 4.69) is 16.3 Å². The van der Waals surface area contributed by atoms with Crippen molar-refractivity contribution in [1.82, 2.24) is 14.5 Å². The summed E-state index contributed by atoms with van der Waals surface area (Å²) < 4.78 is 31.0. The molecular formula is C21H27N3O4S. The lowest BCUT2D eigenvalue weighted by Crippen LogP contribution is -2.34. The SMILES string of the molecule is CN(C)C(CNC(=O)c1ccc(S(=O)(=O)N(C)C)cc1)c1ccc2c(c1)CCO2. The number of sulfonamides is 1. The second kappa shape index (κ2) is 8.52. The first-order valence-electron chi connectivity index (χ1n) is 9.43. The Morgan fingerprint density at radius 2 is 1.79 bits per heavy atom. The number of fused-ring (bicyclic) bond motifs is 1. The summed E-state index contributed by atoms with van der Waals surface area (Å²) in [6.45, 7) is 1.14. The van der Waals surface area contributed by atoms with Crippen LogP contribution in [0.5, 0.6) is 5.75 Å². The van der Waals surface area contributed by atoms with Crippen LogP contribution in [0.1, 0.15) is 27.5 Å². The van der Waals surface area contributed by atoms with Gasteiger partial charge in [-0.3, -0.25) is 4.79 Å². The van der Waals surface area contributed by atoms with Crippen molar-refractivity contribution in [3.8, 4) is 5.75 Å². The monoisotopic (exact) mass is 417 g/mol. The lowest BCUT2D eigenvalue weighted by Gasteiger charge is -2.25. The first kappa shape index (κ1) is 21.3. The number of nitrogens with one attached hydrogen (secondary N) is 1. The number of nitrogens with zero attached hydrogens (tertiary/aromatic N) is 2. The minimum atomic E-state index is -3.51. The van der Waals surface area contributed by atoms with Crippen molar-refractivity contribution in [2.24, 2.45) is 0 Å². The molecule has 1 amide bonds. The Hall–Kier alpha value is -2.42. The van der Waals surface area contributed by atoms with E-state index in [4.69, 9.17) is 4.74 Å². The van der Waals surface area contributed by atoms with Gasteiger partial charge in [0.1, 0.15) is 5.75 Å². The van der Waals surface area contributed by atoms with Crippen LogP contribution in [0.4, 0.5) is 0 Å². The minimum Gasteiger partial charge on any atom is -0.493 e. The van der Waals surface area contributed by atoms with E-state index in [-0.39, 0.29) is 16.8 Å². The van der Waals surface area contributed by atoms with Gasteiger partial charge in [-0.25, -0.2) is 12.7 Å². The Morgan fingerprint density at radius 1 is 1.10 bits per heavy atom. The van der Waals surface area contributed by atoms with E-state index in [1.165, 1.54) is 43.9 Å². The number of benzene rings is 2. The highest BCUT2D eigenvalue weighted by Crippen LogP contribution is 2.29. The van der Waals surface area contributed by atoms with Crippen LogP contribution in [0.15, 0.2) is 47.4 Å². The molecule has 8 heteroatoms. The van der Waals surface area contributed by atoms with Crippen LogP contribution in [-0.4, -0.2) is 64.9 Å². The maximum Gasteiger partial charge on any atom is 0.251 e. The lowest BCUT2D eigenvalue weighted by atomic mass is 10.0. The van der Waals surface area contributed by atoms with E-state index < -0.39 is 10.0 Å². The molecular weight excluding hydrogens is 390 g/mol. The van der Waals surface area contributed by atoms with Crippen molar-refractivity contribution in [1.29, 1.82) is 0 Å². The van der Waals surface area contributed by atoms with Crippen molar-refractivity contribution in [2.45, 2.75) is 17.4 Å². The molecule has 2 aromatic carbocycles. The summed E-state index contributed by atoms with van der Waals surface area (Å²) in [5.74, 6) is 0.693. The van der Waals surface area contributed by atoms with E-state index in [0.717, 1.165) is 22.0 Å². The molecule has 156 valence electrons. The van der Waals surface area contributed by atoms with Crippen molar-refractivity contribution in [2.75, 3.05) is 41.3 Å². The average Bonchev–Trinajstić information content (AvgIpc) is 3.15. The molecule has 1 unspecified atom stereocenters. The van der Waals surface area contributed by atoms with Gasteiger partial charge in [0.05, 0.1) is 17.5 Å². The quantitative estimate of drug-likeness (QED) is 0.745. The largest absolute Gasteiger partial charge is 0.493 e. The minimum absolute atomic E-state index is 0.0123. The van der Waals surface area contributed by atoms with Crippen molar-refractivity contribution < 1.29 is 17.9 Å². The van der Waals surface area contributed by atoms with Crippen LogP contribution >= 0.6 is 0 Å². The van der Waals surface area contributed by atoms with Gasteiger partial charge in [-0.15, -0.1) is 0 Å². The first-order chi connectivity index (χ1) is 13.7. The zero-order chi connectivity index (χ0) is 21.2. The van der Waals surface area contributed by atoms with Crippen LogP contribution in [0, 0.1) is 0 Å². The lowest BCUT2D eigenvalue weighted by molar-refractivity contribution is 0.0942. The standard InChI is InChI=1S/C21H27N3O4S/c1-23(2)19(16-7-10-20-17(13-16)11-12-28-20)14-22-21(25)15-5-8-18(9-6-15)29(26,27)24(3)4/h5-10,13,19H,11-12,14H2,1-4H3,(H,22,25). The van der Waals surface area contributed by atoms with Gasteiger partial charge in [0.2, 0.25) is 10.0 Å². The number of carbonyl (C=O) groups excluding carboxylic acids is 1. The van der Waals surface area contributed by atoms with Gasteiger partial charge in [-0.05, 0) is 55.6 Å². The predicted octanol–water partition coefficient (Wildman–Crippen LogP) is 1.90. The summed E-state index contributed by atoms with van der Waals surface area (Å²) in [6, 6.07) is 12.1. The highest BCUT2D eigenvalue weighted by atomic mass is 32.2. The molecule has 0 aromatic heterocycles. The third-order valence-corrected chi connectivity index (χ3v) is 6.90. The Balaban J connectivity index is 1.69. The highest BCUT2D eigenvalue weighted by molar-refractivity contribution is 7.89. The second-order valence-corrected chi connectivity index (χ2v) is 9.62. The fraction of sp³-hybridized carbons (Fsp3) is 0.381. The fourth-order valence-electron chi connectivity index (χ4n) is 3.29. The zero-order valence-electron chi connectivity index (χ0n) is 17.2. The second-order valence-electron chi connectivity index (χ2n) is 7.47. The third-order valence-electron chi connectivity index (χ3n) is 5.07. The molecule has 0 bridgehead atoms. The van der Waals surface area contributed by atoms with E-state index in [9.17, 15) is 13.2 Å². The molecule has 3 rings (SSSR count). The third kappa shape index (κ3) is 4.60. The van der Waals surface area contributed by atoms with Gasteiger partial charge in [0, 0.05) is 32.6 Å². The summed E-state index contributed by atoms with van der Waals surface area (Å²) in [5, 5.41) is 2.96. The molecule has 0 spiro atoms. The molecule has 1 N–H and O–H groups in total. The number of carbonyl (C=O) groups is 1. The molecule has 2 aromatic rings. The smallest absolute Gasteiger partial charge is 0.251 e. The average molecular weight is 418 g/mol. The molecule has 0 radical (unpaired) electrons. The summed E-state index contributed by atoms with van der Waals surface area (Å²) in [4.78, 5) is 14.8. The van der Waals surface area contributed by atoms with Gasteiger partial charge < -0.3 is 15.0 Å². The summed E-state index contributed by atoms with van der Waals surface area (Å²) >= 11 is 0. The van der Waals surface area contributed by atoms with Crippen molar-refractivity contribution >= 4 is 15.9 Å². The number of amides is 1. The summed E-state index contributed by atoms with van der Waals surface area (Å²) in [6.07, 6.45) is 0.901. The number of hydrogen-bond acceptors (Lipinski definition) is 5. The normalized spacial score (nSPS) is 14.6.